The highest BCUT2D eigenvalue weighted by atomic mass is 16.2. The highest BCUT2D eigenvalue weighted by Gasteiger charge is 2.43. The fraction of sp³-hybridized carbons (Fsp3) is 0.440. The van der Waals surface area contributed by atoms with Crippen LogP contribution >= 0.6 is 0 Å². The highest BCUT2D eigenvalue weighted by Crippen LogP contribution is 2.55. The summed E-state index contributed by atoms with van der Waals surface area (Å²) < 4.78 is 0. The molecule has 3 aliphatic rings. The van der Waals surface area contributed by atoms with Gasteiger partial charge in [-0.2, -0.15) is 0 Å². The summed E-state index contributed by atoms with van der Waals surface area (Å²) in [6.45, 7) is 7.91. The molecule has 0 radical (unpaired) electrons. The maximum atomic E-state index is 12.6. The van der Waals surface area contributed by atoms with Crippen molar-refractivity contribution in [2.45, 2.75) is 52.0 Å². The summed E-state index contributed by atoms with van der Waals surface area (Å²) in [5.74, 6) is 0.837. The Balaban J connectivity index is 1.49. The molecule has 5 rings (SSSR count). The number of nitrogens with one attached hydrogen (secondary N) is 2. The molecule has 2 aromatic rings. The first-order chi connectivity index (χ1) is 13.8. The van der Waals surface area contributed by atoms with Crippen molar-refractivity contribution in [3.63, 3.8) is 0 Å². The molecule has 0 aromatic heterocycles. The number of amides is 2. The Kier molecular flexibility index (Phi) is 4.97. The van der Waals surface area contributed by atoms with Crippen molar-refractivity contribution >= 4 is 11.8 Å². The fourth-order valence-corrected chi connectivity index (χ4v) is 4.82. The molecule has 3 aliphatic carbocycles. The highest BCUT2D eigenvalue weighted by molar-refractivity contribution is 5.89. The zero-order valence-electron chi connectivity index (χ0n) is 17.7. The third-order valence-corrected chi connectivity index (χ3v) is 6.38. The van der Waals surface area contributed by atoms with Crippen LogP contribution in [0.3, 0.4) is 0 Å². The van der Waals surface area contributed by atoms with E-state index < -0.39 is 11.5 Å². The number of benzene rings is 2. The van der Waals surface area contributed by atoms with Gasteiger partial charge in [0.15, 0.2) is 0 Å². The first kappa shape index (κ1) is 19.7. The van der Waals surface area contributed by atoms with Crippen LogP contribution in [0.5, 0.6) is 0 Å². The standard InChI is InChI=1S/C25H30N2O2/c1-15(27-24(29)25(2,3)4)23(28)26-14-16-13-21-17-9-5-7-11-19(17)22(16)20-12-8-6-10-18(20)21/h5-12,15-16,21-22H,13-14H2,1-4H3,(H,26,28)(H,27,29)/t15-,16-,21?,22?/m0/s1. The molecule has 4 nitrogen and oxygen atoms in total. The van der Waals surface area contributed by atoms with E-state index in [1.165, 1.54) is 22.3 Å². The van der Waals surface area contributed by atoms with Gasteiger partial charge >= 0.3 is 0 Å². The van der Waals surface area contributed by atoms with E-state index in [0.717, 1.165) is 6.42 Å². The maximum absolute atomic E-state index is 12.6. The third kappa shape index (κ3) is 3.57. The van der Waals surface area contributed by atoms with E-state index in [1.54, 1.807) is 6.92 Å². The molecule has 0 aliphatic heterocycles. The molecule has 29 heavy (non-hydrogen) atoms. The van der Waals surface area contributed by atoms with Crippen molar-refractivity contribution in [1.29, 1.82) is 0 Å². The van der Waals surface area contributed by atoms with Gasteiger partial charge in [-0.1, -0.05) is 69.3 Å². The van der Waals surface area contributed by atoms with Crippen molar-refractivity contribution in [1.82, 2.24) is 10.6 Å². The minimum absolute atomic E-state index is 0.111. The second-order valence-corrected chi connectivity index (χ2v) is 9.47. The molecule has 2 N–H and O–H groups in total. The number of carbonyl (C=O) groups is 2. The molecule has 2 bridgehead atoms. The Hall–Kier alpha value is -2.62. The van der Waals surface area contributed by atoms with E-state index in [-0.39, 0.29) is 11.8 Å². The lowest BCUT2D eigenvalue weighted by atomic mass is 9.59. The Morgan fingerprint density at radius 2 is 1.48 bits per heavy atom. The van der Waals surface area contributed by atoms with Crippen molar-refractivity contribution in [3.8, 4) is 0 Å². The maximum Gasteiger partial charge on any atom is 0.242 e. The zero-order valence-corrected chi connectivity index (χ0v) is 17.7. The van der Waals surface area contributed by atoms with Gasteiger partial charge in [0, 0.05) is 23.8 Å². The topological polar surface area (TPSA) is 58.2 Å². The fourth-order valence-electron chi connectivity index (χ4n) is 4.82. The predicted octanol–water partition coefficient (Wildman–Crippen LogP) is 3.95. The van der Waals surface area contributed by atoms with Gasteiger partial charge in [-0.25, -0.2) is 0 Å². The van der Waals surface area contributed by atoms with Gasteiger partial charge in [0.1, 0.15) is 6.04 Å². The molecule has 2 amide bonds. The summed E-state index contributed by atoms with van der Waals surface area (Å²) in [4.78, 5) is 24.8. The minimum Gasteiger partial charge on any atom is -0.354 e. The second kappa shape index (κ2) is 7.33. The van der Waals surface area contributed by atoms with E-state index >= 15 is 0 Å². The van der Waals surface area contributed by atoms with Crippen LogP contribution in [0.1, 0.15) is 68.2 Å². The summed E-state index contributed by atoms with van der Waals surface area (Å²) >= 11 is 0. The molecule has 4 heteroatoms. The monoisotopic (exact) mass is 390 g/mol. The number of fused-ring (bicyclic) bond motifs is 1. The zero-order chi connectivity index (χ0) is 20.8. The van der Waals surface area contributed by atoms with Gasteiger partial charge in [0.05, 0.1) is 0 Å². The Morgan fingerprint density at radius 3 is 2.00 bits per heavy atom. The molecule has 2 atom stereocenters. The van der Waals surface area contributed by atoms with E-state index in [0.29, 0.717) is 24.3 Å². The smallest absolute Gasteiger partial charge is 0.242 e. The van der Waals surface area contributed by atoms with Crippen LogP contribution in [-0.4, -0.2) is 24.4 Å². The molecular formula is C25H30N2O2. The van der Waals surface area contributed by atoms with Crippen LogP contribution in [0.4, 0.5) is 0 Å². The molecule has 0 spiro atoms. The quantitative estimate of drug-likeness (QED) is 0.830. The SMILES string of the molecule is C[C@H](NC(=O)C(C)(C)C)C(=O)NC[C@@H]1CC2c3ccccc3C1c1ccccc12. The van der Waals surface area contributed by atoms with Gasteiger partial charge in [-0.05, 0) is 41.5 Å². The van der Waals surface area contributed by atoms with Crippen LogP contribution in [0.15, 0.2) is 48.5 Å². The van der Waals surface area contributed by atoms with Crippen LogP contribution in [-0.2, 0) is 9.59 Å². The number of hydrogen-bond acceptors (Lipinski definition) is 2. The average Bonchev–Trinajstić information content (AvgIpc) is 2.71. The summed E-state index contributed by atoms with van der Waals surface area (Å²) in [5, 5.41) is 5.92. The van der Waals surface area contributed by atoms with Gasteiger partial charge in [0.25, 0.3) is 0 Å². The number of carbonyl (C=O) groups excluding carboxylic acids is 2. The molecule has 0 fully saturated rings. The Morgan fingerprint density at radius 1 is 0.966 bits per heavy atom. The van der Waals surface area contributed by atoms with E-state index in [4.69, 9.17) is 0 Å². The summed E-state index contributed by atoms with van der Waals surface area (Å²) in [6.07, 6.45) is 1.04. The average molecular weight is 391 g/mol. The summed E-state index contributed by atoms with van der Waals surface area (Å²) in [5.41, 5.74) is 5.16. The Labute approximate surface area is 173 Å². The summed E-state index contributed by atoms with van der Waals surface area (Å²) in [6, 6.07) is 16.9. The Bertz CT molecular complexity index is 896. The van der Waals surface area contributed by atoms with Crippen molar-refractivity contribution in [2.24, 2.45) is 11.3 Å². The molecule has 152 valence electrons. The van der Waals surface area contributed by atoms with Crippen LogP contribution in [0, 0.1) is 11.3 Å². The molecule has 0 unspecified atom stereocenters. The molecule has 0 saturated heterocycles. The van der Waals surface area contributed by atoms with Gasteiger partial charge < -0.3 is 10.6 Å². The van der Waals surface area contributed by atoms with E-state index in [1.807, 2.05) is 20.8 Å². The van der Waals surface area contributed by atoms with Crippen molar-refractivity contribution in [2.75, 3.05) is 6.54 Å². The summed E-state index contributed by atoms with van der Waals surface area (Å²) in [7, 11) is 0. The molecular weight excluding hydrogens is 360 g/mol. The third-order valence-electron chi connectivity index (χ3n) is 6.38. The molecule has 0 heterocycles. The van der Waals surface area contributed by atoms with Gasteiger partial charge in [-0.15, -0.1) is 0 Å². The van der Waals surface area contributed by atoms with E-state index in [9.17, 15) is 9.59 Å². The number of hydrogen-bond donors (Lipinski definition) is 2. The van der Waals surface area contributed by atoms with Gasteiger partial charge in [-0.3, -0.25) is 9.59 Å². The predicted molar refractivity (Wildman–Crippen MR) is 115 cm³/mol. The minimum atomic E-state index is -0.540. The lowest BCUT2D eigenvalue weighted by molar-refractivity contribution is -0.133. The largest absolute Gasteiger partial charge is 0.354 e. The van der Waals surface area contributed by atoms with Crippen molar-refractivity contribution in [3.05, 3.63) is 70.8 Å². The normalized spacial score (nSPS) is 23.0. The van der Waals surface area contributed by atoms with E-state index in [2.05, 4.69) is 59.2 Å². The van der Waals surface area contributed by atoms with Crippen LogP contribution in [0.25, 0.3) is 0 Å². The molecule has 2 aromatic carbocycles. The molecule has 0 saturated carbocycles. The number of rotatable bonds is 4. The van der Waals surface area contributed by atoms with Gasteiger partial charge in [0.2, 0.25) is 11.8 Å². The first-order valence-electron chi connectivity index (χ1n) is 10.5. The lowest BCUT2D eigenvalue weighted by Gasteiger charge is -2.45. The first-order valence-corrected chi connectivity index (χ1v) is 10.5. The van der Waals surface area contributed by atoms with Crippen molar-refractivity contribution < 1.29 is 9.59 Å². The van der Waals surface area contributed by atoms with Crippen LogP contribution in [0.2, 0.25) is 0 Å². The van der Waals surface area contributed by atoms with Crippen LogP contribution < -0.4 is 10.6 Å². The second-order valence-electron chi connectivity index (χ2n) is 9.47. The lowest BCUT2D eigenvalue weighted by Crippen LogP contribution is -2.49.